The molecule has 1 N–H and O–H groups in total. The molecule has 0 saturated heterocycles. The molecule has 0 saturated carbocycles. The van der Waals surface area contributed by atoms with Crippen LogP contribution in [0, 0.1) is 5.92 Å². The minimum Gasteiger partial charge on any atom is -0.316 e. The van der Waals surface area contributed by atoms with Gasteiger partial charge in [0.25, 0.3) is 0 Å². The lowest BCUT2D eigenvalue weighted by Gasteiger charge is -2.11. The molecule has 1 unspecified atom stereocenters. The lowest BCUT2D eigenvalue weighted by molar-refractivity contribution is 0.467. The van der Waals surface area contributed by atoms with Crippen LogP contribution in [-0.4, -0.2) is 22.9 Å². The Balaban J connectivity index is 2.06. The first kappa shape index (κ1) is 13.2. The fourth-order valence-electron chi connectivity index (χ4n) is 1.88. The SMILES string of the molecule is CCCNCC(C)CCCc1cnn(C)c1. The predicted octanol–water partition coefficient (Wildman–Crippen LogP) is 2.38. The molecule has 1 aromatic rings. The van der Waals surface area contributed by atoms with E-state index in [1.807, 2.05) is 17.9 Å². The Morgan fingerprint density at radius 1 is 1.50 bits per heavy atom. The number of hydrogen-bond donors (Lipinski definition) is 1. The largest absolute Gasteiger partial charge is 0.316 e. The van der Waals surface area contributed by atoms with Gasteiger partial charge >= 0.3 is 0 Å². The van der Waals surface area contributed by atoms with E-state index in [0.29, 0.717) is 0 Å². The van der Waals surface area contributed by atoms with Crippen molar-refractivity contribution in [3.05, 3.63) is 18.0 Å². The van der Waals surface area contributed by atoms with Crippen molar-refractivity contribution in [2.75, 3.05) is 13.1 Å². The fourth-order valence-corrected chi connectivity index (χ4v) is 1.88. The van der Waals surface area contributed by atoms with Gasteiger partial charge in [0.1, 0.15) is 0 Å². The summed E-state index contributed by atoms with van der Waals surface area (Å²) in [6.45, 7) is 6.83. The van der Waals surface area contributed by atoms with Crippen molar-refractivity contribution in [1.82, 2.24) is 15.1 Å². The van der Waals surface area contributed by atoms with E-state index in [1.165, 1.54) is 24.8 Å². The molecule has 0 aliphatic carbocycles. The van der Waals surface area contributed by atoms with Crippen LogP contribution in [0.4, 0.5) is 0 Å². The van der Waals surface area contributed by atoms with Gasteiger partial charge in [0.15, 0.2) is 0 Å². The number of hydrogen-bond acceptors (Lipinski definition) is 2. The molecule has 0 spiro atoms. The first-order valence-corrected chi connectivity index (χ1v) is 6.40. The zero-order chi connectivity index (χ0) is 11.8. The summed E-state index contributed by atoms with van der Waals surface area (Å²) >= 11 is 0. The smallest absolute Gasteiger partial charge is 0.0521 e. The van der Waals surface area contributed by atoms with Crippen molar-refractivity contribution in [2.24, 2.45) is 13.0 Å². The molecule has 1 heterocycles. The van der Waals surface area contributed by atoms with E-state index in [-0.39, 0.29) is 0 Å². The maximum Gasteiger partial charge on any atom is 0.0521 e. The highest BCUT2D eigenvalue weighted by Crippen LogP contribution is 2.09. The molecule has 1 atom stereocenters. The van der Waals surface area contributed by atoms with E-state index in [2.05, 4.69) is 30.5 Å². The number of nitrogens with one attached hydrogen (secondary N) is 1. The standard InChI is InChI=1S/C13H25N3/c1-4-8-14-9-12(2)6-5-7-13-10-15-16(3)11-13/h10-12,14H,4-9H2,1-3H3. The highest BCUT2D eigenvalue weighted by Gasteiger charge is 2.02. The molecule has 0 bridgehead atoms. The number of aryl methyl sites for hydroxylation is 2. The van der Waals surface area contributed by atoms with E-state index in [0.717, 1.165) is 25.4 Å². The van der Waals surface area contributed by atoms with E-state index in [9.17, 15) is 0 Å². The Morgan fingerprint density at radius 3 is 2.94 bits per heavy atom. The minimum atomic E-state index is 0.781. The van der Waals surface area contributed by atoms with Crippen LogP contribution in [-0.2, 0) is 13.5 Å². The summed E-state index contributed by atoms with van der Waals surface area (Å²) < 4.78 is 1.88. The van der Waals surface area contributed by atoms with Crippen molar-refractivity contribution in [1.29, 1.82) is 0 Å². The second kappa shape index (κ2) is 7.44. The van der Waals surface area contributed by atoms with Crippen molar-refractivity contribution in [2.45, 2.75) is 39.5 Å². The topological polar surface area (TPSA) is 29.9 Å². The average molecular weight is 223 g/mol. The predicted molar refractivity (Wildman–Crippen MR) is 68.5 cm³/mol. The van der Waals surface area contributed by atoms with Gasteiger partial charge in [-0.15, -0.1) is 0 Å². The van der Waals surface area contributed by atoms with Crippen LogP contribution in [0.5, 0.6) is 0 Å². The van der Waals surface area contributed by atoms with Gasteiger partial charge in [-0.25, -0.2) is 0 Å². The van der Waals surface area contributed by atoms with Gasteiger partial charge in [0.05, 0.1) is 6.20 Å². The van der Waals surface area contributed by atoms with E-state index < -0.39 is 0 Å². The summed E-state index contributed by atoms with van der Waals surface area (Å²) in [5.41, 5.74) is 1.36. The Kier molecular flexibility index (Phi) is 6.16. The number of aromatic nitrogens is 2. The third-order valence-electron chi connectivity index (χ3n) is 2.84. The van der Waals surface area contributed by atoms with Crippen molar-refractivity contribution < 1.29 is 0 Å². The lowest BCUT2D eigenvalue weighted by Crippen LogP contribution is -2.21. The average Bonchev–Trinajstić information content (AvgIpc) is 2.65. The van der Waals surface area contributed by atoms with Crippen LogP contribution in [0.25, 0.3) is 0 Å². The third-order valence-corrected chi connectivity index (χ3v) is 2.84. The molecule has 1 rings (SSSR count). The van der Waals surface area contributed by atoms with Crippen LogP contribution in [0.2, 0.25) is 0 Å². The number of rotatable bonds is 8. The quantitative estimate of drug-likeness (QED) is 0.686. The third kappa shape index (κ3) is 5.31. The number of nitrogens with zero attached hydrogens (tertiary/aromatic N) is 2. The Hall–Kier alpha value is -0.830. The van der Waals surface area contributed by atoms with Crippen molar-refractivity contribution >= 4 is 0 Å². The van der Waals surface area contributed by atoms with Gasteiger partial charge < -0.3 is 5.32 Å². The van der Waals surface area contributed by atoms with E-state index >= 15 is 0 Å². The summed E-state index contributed by atoms with van der Waals surface area (Å²) in [5, 5.41) is 7.65. The lowest BCUT2D eigenvalue weighted by atomic mass is 10.0. The van der Waals surface area contributed by atoms with Crippen molar-refractivity contribution in [3.63, 3.8) is 0 Å². The molecule has 0 amide bonds. The summed E-state index contributed by atoms with van der Waals surface area (Å²) in [7, 11) is 1.97. The molecule has 0 aliphatic rings. The monoisotopic (exact) mass is 223 g/mol. The molecule has 3 nitrogen and oxygen atoms in total. The molecule has 0 aromatic carbocycles. The zero-order valence-electron chi connectivity index (χ0n) is 10.9. The first-order chi connectivity index (χ1) is 7.72. The van der Waals surface area contributed by atoms with Crippen LogP contribution in [0.3, 0.4) is 0 Å². The van der Waals surface area contributed by atoms with E-state index in [4.69, 9.17) is 0 Å². The maximum absolute atomic E-state index is 4.18. The molecule has 0 aliphatic heterocycles. The molecular weight excluding hydrogens is 198 g/mol. The maximum atomic E-state index is 4.18. The molecule has 3 heteroatoms. The minimum absolute atomic E-state index is 0.781. The second-order valence-electron chi connectivity index (χ2n) is 4.72. The summed E-state index contributed by atoms with van der Waals surface area (Å²) in [6.07, 6.45) is 9.03. The summed E-state index contributed by atoms with van der Waals surface area (Å²) in [4.78, 5) is 0. The molecule has 1 aromatic heterocycles. The normalized spacial score (nSPS) is 12.9. The first-order valence-electron chi connectivity index (χ1n) is 6.40. The fraction of sp³-hybridized carbons (Fsp3) is 0.769. The molecule has 92 valence electrons. The van der Waals surface area contributed by atoms with Crippen molar-refractivity contribution in [3.8, 4) is 0 Å². The zero-order valence-corrected chi connectivity index (χ0v) is 10.9. The summed E-state index contributed by atoms with van der Waals surface area (Å²) in [6, 6.07) is 0. The highest BCUT2D eigenvalue weighted by atomic mass is 15.2. The van der Waals surface area contributed by atoms with Crippen LogP contribution in [0.1, 0.15) is 38.7 Å². The Labute approximate surface area is 99.2 Å². The Bertz CT molecular complexity index is 280. The van der Waals surface area contributed by atoms with Gasteiger partial charge in [-0.1, -0.05) is 13.8 Å². The van der Waals surface area contributed by atoms with E-state index in [1.54, 1.807) is 0 Å². The van der Waals surface area contributed by atoms with Crippen LogP contribution in [0.15, 0.2) is 12.4 Å². The van der Waals surface area contributed by atoms with Gasteiger partial charge in [0.2, 0.25) is 0 Å². The van der Waals surface area contributed by atoms with Gasteiger partial charge in [0, 0.05) is 13.2 Å². The van der Waals surface area contributed by atoms with Gasteiger partial charge in [-0.05, 0) is 50.3 Å². The second-order valence-corrected chi connectivity index (χ2v) is 4.72. The molecule has 0 fully saturated rings. The Morgan fingerprint density at radius 2 is 2.31 bits per heavy atom. The summed E-state index contributed by atoms with van der Waals surface area (Å²) in [5.74, 6) is 0.781. The molecular formula is C13H25N3. The van der Waals surface area contributed by atoms with Crippen LogP contribution >= 0.6 is 0 Å². The molecule has 16 heavy (non-hydrogen) atoms. The van der Waals surface area contributed by atoms with Crippen LogP contribution < -0.4 is 5.32 Å². The highest BCUT2D eigenvalue weighted by molar-refractivity contribution is 5.03. The molecule has 0 radical (unpaired) electrons. The van der Waals surface area contributed by atoms with Gasteiger partial charge in [-0.3, -0.25) is 4.68 Å². The van der Waals surface area contributed by atoms with Gasteiger partial charge in [-0.2, -0.15) is 5.10 Å².